The third kappa shape index (κ3) is 5.44. The summed E-state index contributed by atoms with van der Waals surface area (Å²) in [7, 11) is 0. The van der Waals surface area contributed by atoms with E-state index in [0.29, 0.717) is 38.1 Å². The Morgan fingerprint density at radius 2 is 1.82 bits per heavy atom. The highest BCUT2D eigenvalue weighted by molar-refractivity contribution is 7.20. The molecule has 0 spiro atoms. The van der Waals surface area contributed by atoms with Crippen LogP contribution < -0.4 is 5.32 Å². The number of halogens is 3. The van der Waals surface area contributed by atoms with Gasteiger partial charge in [-0.15, -0.1) is 11.3 Å². The number of fused-ring (bicyclic) bond motifs is 1. The van der Waals surface area contributed by atoms with Crippen LogP contribution >= 0.6 is 11.3 Å². The average Bonchev–Trinajstić information content (AvgIpc) is 3.32. The van der Waals surface area contributed by atoms with Crippen LogP contribution in [-0.2, 0) is 6.54 Å². The van der Waals surface area contributed by atoms with Crippen molar-refractivity contribution in [1.82, 2.24) is 24.9 Å². The van der Waals surface area contributed by atoms with Gasteiger partial charge in [-0.2, -0.15) is 18.3 Å². The number of thiophene rings is 1. The zero-order valence-electron chi connectivity index (χ0n) is 19.7. The smallest absolute Gasteiger partial charge is 0.349 e. The molecule has 3 heterocycles. The fourth-order valence-corrected chi connectivity index (χ4v) is 6.72. The van der Waals surface area contributed by atoms with E-state index < -0.39 is 12.7 Å². The van der Waals surface area contributed by atoms with Crippen molar-refractivity contribution in [2.75, 3.05) is 32.7 Å². The van der Waals surface area contributed by atoms with Gasteiger partial charge in [0.2, 0.25) is 0 Å². The molecule has 0 radical (unpaired) electrons. The van der Waals surface area contributed by atoms with E-state index in [1.54, 1.807) is 11.3 Å². The van der Waals surface area contributed by atoms with Crippen molar-refractivity contribution in [3.05, 3.63) is 16.6 Å². The van der Waals surface area contributed by atoms with Crippen molar-refractivity contribution in [2.24, 2.45) is 5.92 Å². The van der Waals surface area contributed by atoms with E-state index >= 15 is 0 Å². The number of carbonyl (C=O) groups excluding carboxylic acids is 1. The van der Waals surface area contributed by atoms with E-state index in [2.05, 4.69) is 14.9 Å². The number of nitrogens with zero attached hydrogens (tertiary/aromatic N) is 4. The van der Waals surface area contributed by atoms with E-state index in [1.165, 1.54) is 24.2 Å². The number of carbonyl (C=O) groups is 1. The number of nitrogens with one attached hydrogen (secondary N) is 1. The normalized spacial score (nSPS) is 25.5. The molecule has 1 N–H and O–H groups in total. The Hall–Kier alpha value is -1.65. The maximum absolute atomic E-state index is 13.0. The molecule has 0 bridgehead atoms. The third-order valence-electron chi connectivity index (χ3n) is 7.85. The lowest BCUT2D eigenvalue weighted by Gasteiger charge is -2.42. The van der Waals surface area contributed by atoms with Crippen molar-refractivity contribution >= 4 is 27.5 Å². The zero-order chi connectivity index (χ0) is 23.9. The molecular formula is C24H34F3N5OS. The second-order valence-corrected chi connectivity index (χ2v) is 11.3. The molecule has 3 aliphatic rings. The van der Waals surface area contributed by atoms with Crippen LogP contribution in [-0.4, -0.2) is 76.5 Å². The Morgan fingerprint density at radius 3 is 2.44 bits per heavy atom. The topological polar surface area (TPSA) is 53.4 Å². The average molecular weight is 498 g/mol. The minimum absolute atomic E-state index is 0.00000847. The quantitative estimate of drug-likeness (QED) is 0.642. The molecule has 1 saturated heterocycles. The summed E-state index contributed by atoms with van der Waals surface area (Å²) in [6.07, 6.45) is 3.51. The predicted octanol–water partition coefficient (Wildman–Crippen LogP) is 4.43. The highest BCUT2D eigenvalue weighted by Crippen LogP contribution is 2.33. The summed E-state index contributed by atoms with van der Waals surface area (Å²) in [5.41, 5.74) is 0.987. The highest BCUT2D eigenvalue weighted by Gasteiger charge is 2.34. The molecule has 1 amide bonds. The van der Waals surface area contributed by atoms with E-state index in [4.69, 9.17) is 5.10 Å². The number of hydrogen-bond acceptors (Lipinski definition) is 5. The van der Waals surface area contributed by atoms with Crippen LogP contribution in [0, 0.1) is 12.8 Å². The number of alkyl halides is 3. The van der Waals surface area contributed by atoms with Crippen LogP contribution in [0.2, 0.25) is 0 Å². The molecule has 10 heteroatoms. The van der Waals surface area contributed by atoms with Gasteiger partial charge in [0.25, 0.3) is 5.91 Å². The van der Waals surface area contributed by atoms with Gasteiger partial charge in [0.05, 0.1) is 17.1 Å². The summed E-state index contributed by atoms with van der Waals surface area (Å²) < 4.78 is 39.9. The zero-order valence-corrected chi connectivity index (χ0v) is 20.6. The molecule has 0 aromatic carbocycles. The number of rotatable bonds is 6. The Kier molecular flexibility index (Phi) is 6.92. The Labute approximate surface area is 202 Å². The van der Waals surface area contributed by atoms with Crippen LogP contribution in [0.25, 0.3) is 10.2 Å². The minimum Gasteiger partial charge on any atom is -0.349 e. The maximum atomic E-state index is 13.0. The summed E-state index contributed by atoms with van der Waals surface area (Å²) in [4.78, 5) is 18.7. The molecule has 2 aromatic heterocycles. The maximum Gasteiger partial charge on any atom is 0.401 e. The van der Waals surface area contributed by atoms with Crippen molar-refractivity contribution in [1.29, 1.82) is 0 Å². The van der Waals surface area contributed by atoms with E-state index in [9.17, 15) is 18.0 Å². The summed E-state index contributed by atoms with van der Waals surface area (Å²) in [6, 6.07) is 2.56. The lowest BCUT2D eigenvalue weighted by atomic mass is 9.85. The summed E-state index contributed by atoms with van der Waals surface area (Å²) in [5.74, 6) is 0.713. The number of piperazine rings is 1. The standard InChI is InChI=1S/C24H34F3N5OS/c1-16-20-13-21(34-23(20)32(29-16)14-17-3-2-4-17)22(33)28-18-5-7-19(8-6-18)31-11-9-30(10-12-31)15-24(25,26)27/h13,17-19H,2-12,14-15H2,1H3,(H,28,33). The highest BCUT2D eigenvalue weighted by atomic mass is 32.1. The number of aromatic nitrogens is 2. The van der Waals surface area contributed by atoms with Gasteiger partial charge >= 0.3 is 6.18 Å². The fourth-order valence-electron chi connectivity index (χ4n) is 5.65. The van der Waals surface area contributed by atoms with Crippen LogP contribution in [0.1, 0.15) is 60.3 Å². The number of aryl methyl sites for hydroxylation is 1. The molecular weight excluding hydrogens is 463 g/mol. The van der Waals surface area contributed by atoms with E-state index in [1.807, 2.05) is 13.0 Å². The Morgan fingerprint density at radius 1 is 1.12 bits per heavy atom. The SMILES string of the molecule is Cc1nn(CC2CCC2)c2sc(C(=O)NC3CCC(N4CCN(CC(F)(F)F)CC4)CC3)cc12. The molecule has 0 atom stereocenters. The predicted molar refractivity (Wildman–Crippen MR) is 127 cm³/mol. The number of amides is 1. The van der Waals surface area contributed by atoms with E-state index in [0.717, 1.165) is 53.0 Å². The first-order valence-corrected chi connectivity index (χ1v) is 13.4. The number of hydrogen-bond donors (Lipinski definition) is 1. The molecule has 5 rings (SSSR count). The molecule has 2 saturated carbocycles. The van der Waals surface area contributed by atoms with Gasteiger partial charge in [0.1, 0.15) is 4.83 Å². The molecule has 188 valence electrons. The van der Waals surface area contributed by atoms with Gasteiger partial charge in [0, 0.05) is 50.2 Å². The summed E-state index contributed by atoms with van der Waals surface area (Å²) >= 11 is 1.54. The molecule has 2 aromatic rings. The lowest BCUT2D eigenvalue weighted by Crippen LogP contribution is -2.53. The first-order valence-electron chi connectivity index (χ1n) is 12.6. The Balaban J connectivity index is 1.11. The summed E-state index contributed by atoms with van der Waals surface area (Å²) in [5, 5.41) is 9.01. The second kappa shape index (κ2) is 9.78. The molecule has 3 fully saturated rings. The van der Waals surface area contributed by atoms with Crippen molar-refractivity contribution in [3.63, 3.8) is 0 Å². The van der Waals surface area contributed by atoms with Crippen molar-refractivity contribution < 1.29 is 18.0 Å². The first-order chi connectivity index (χ1) is 16.2. The van der Waals surface area contributed by atoms with Crippen molar-refractivity contribution in [2.45, 2.75) is 76.7 Å². The van der Waals surface area contributed by atoms with Gasteiger partial charge in [0.15, 0.2) is 0 Å². The van der Waals surface area contributed by atoms with Crippen LogP contribution in [0.3, 0.4) is 0 Å². The van der Waals surface area contributed by atoms with Crippen LogP contribution in [0.15, 0.2) is 6.07 Å². The van der Waals surface area contributed by atoms with Gasteiger partial charge in [-0.05, 0) is 57.4 Å². The summed E-state index contributed by atoms with van der Waals surface area (Å²) in [6.45, 7) is 4.47. The first kappa shape index (κ1) is 24.1. The molecule has 34 heavy (non-hydrogen) atoms. The molecule has 0 unspecified atom stereocenters. The van der Waals surface area contributed by atoms with Crippen LogP contribution in [0.5, 0.6) is 0 Å². The lowest BCUT2D eigenvalue weighted by molar-refractivity contribution is -0.150. The fraction of sp³-hybridized carbons (Fsp3) is 0.750. The largest absolute Gasteiger partial charge is 0.401 e. The molecule has 1 aliphatic heterocycles. The second-order valence-electron chi connectivity index (χ2n) is 10.3. The molecule has 2 aliphatic carbocycles. The Bertz CT molecular complexity index is 998. The monoisotopic (exact) mass is 497 g/mol. The minimum atomic E-state index is -4.12. The third-order valence-corrected chi connectivity index (χ3v) is 8.99. The van der Waals surface area contributed by atoms with Gasteiger partial charge in [-0.3, -0.25) is 19.3 Å². The van der Waals surface area contributed by atoms with Gasteiger partial charge in [-0.1, -0.05) is 6.42 Å². The van der Waals surface area contributed by atoms with Gasteiger partial charge in [-0.25, -0.2) is 0 Å². The van der Waals surface area contributed by atoms with E-state index in [-0.39, 0.29) is 11.9 Å². The van der Waals surface area contributed by atoms with Gasteiger partial charge < -0.3 is 5.32 Å². The van der Waals surface area contributed by atoms with Crippen LogP contribution in [0.4, 0.5) is 13.2 Å². The van der Waals surface area contributed by atoms with Crippen molar-refractivity contribution in [3.8, 4) is 0 Å². The molecule has 6 nitrogen and oxygen atoms in total.